The molecule has 0 atom stereocenters. The molecule has 0 bridgehead atoms. The Kier molecular flexibility index (Phi) is 2.84. The highest BCUT2D eigenvalue weighted by molar-refractivity contribution is 7.90. The van der Waals surface area contributed by atoms with Crippen molar-refractivity contribution >= 4 is 10.0 Å². The lowest BCUT2D eigenvalue weighted by Crippen LogP contribution is -2.39. The molecule has 2 saturated carbocycles. The first kappa shape index (κ1) is 10.4. The summed E-state index contributed by atoms with van der Waals surface area (Å²) in [6, 6.07) is 0.219. The summed E-state index contributed by atoms with van der Waals surface area (Å²) in [5, 5.41) is -0.0677. The van der Waals surface area contributed by atoms with Crippen molar-refractivity contribution in [1.82, 2.24) is 4.72 Å². The molecule has 0 amide bonds. The second-order valence-electron chi connectivity index (χ2n) is 4.82. The highest BCUT2D eigenvalue weighted by Crippen LogP contribution is 2.30. The number of hydrogen-bond donors (Lipinski definition) is 1. The van der Waals surface area contributed by atoms with Gasteiger partial charge in [0, 0.05) is 6.04 Å². The van der Waals surface area contributed by atoms with Crippen LogP contribution in [0.25, 0.3) is 0 Å². The lowest BCUT2D eigenvalue weighted by molar-refractivity contribution is 0.332. The highest BCUT2D eigenvalue weighted by Gasteiger charge is 2.37. The summed E-state index contributed by atoms with van der Waals surface area (Å²) < 4.78 is 26.1. The Bertz CT molecular complexity index is 287. The Labute approximate surface area is 86.3 Å². The monoisotopic (exact) mass is 217 g/mol. The zero-order chi connectivity index (χ0) is 10.2. The predicted molar refractivity (Wildman–Crippen MR) is 56.5 cm³/mol. The van der Waals surface area contributed by atoms with Crippen LogP contribution in [0.5, 0.6) is 0 Å². The van der Waals surface area contributed by atoms with Gasteiger partial charge in [-0.1, -0.05) is 6.92 Å². The molecule has 0 heterocycles. The topological polar surface area (TPSA) is 46.2 Å². The fourth-order valence-corrected chi connectivity index (χ4v) is 3.73. The van der Waals surface area contributed by atoms with Crippen LogP contribution in [-0.2, 0) is 10.0 Å². The van der Waals surface area contributed by atoms with E-state index in [1.54, 1.807) is 0 Å². The van der Waals surface area contributed by atoms with Crippen molar-refractivity contribution in [1.29, 1.82) is 0 Å². The molecule has 0 saturated heterocycles. The average molecular weight is 217 g/mol. The summed E-state index contributed by atoms with van der Waals surface area (Å²) in [4.78, 5) is 0. The summed E-state index contributed by atoms with van der Waals surface area (Å²) in [6.45, 7) is 2.24. The molecule has 2 aliphatic rings. The molecule has 1 N–H and O–H groups in total. The van der Waals surface area contributed by atoms with E-state index in [1.807, 2.05) is 0 Å². The van der Waals surface area contributed by atoms with Crippen molar-refractivity contribution in [3.05, 3.63) is 0 Å². The normalized spacial score (nSPS) is 34.4. The van der Waals surface area contributed by atoms with E-state index in [9.17, 15) is 8.42 Å². The van der Waals surface area contributed by atoms with E-state index in [4.69, 9.17) is 0 Å². The van der Waals surface area contributed by atoms with Crippen LogP contribution in [-0.4, -0.2) is 19.7 Å². The summed E-state index contributed by atoms with van der Waals surface area (Å²) in [7, 11) is -2.95. The molecule has 0 spiro atoms. The average Bonchev–Trinajstić information content (AvgIpc) is 2.91. The first-order valence-electron chi connectivity index (χ1n) is 5.59. The fourth-order valence-electron chi connectivity index (χ4n) is 2.08. The van der Waals surface area contributed by atoms with Gasteiger partial charge in [0.25, 0.3) is 0 Å². The largest absolute Gasteiger partial charge is 0.214 e. The molecule has 82 valence electrons. The van der Waals surface area contributed by atoms with Gasteiger partial charge < -0.3 is 0 Å². The van der Waals surface area contributed by atoms with Gasteiger partial charge in [-0.3, -0.25) is 0 Å². The number of sulfonamides is 1. The molecule has 2 aliphatic carbocycles. The second-order valence-corrected chi connectivity index (χ2v) is 6.81. The maximum Gasteiger partial charge on any atom is 0.214 e. The summed E-state index contributed by atoms with van der Waals surface area (Å²) >= 11 is 0. The molecule has 0 aromatic heterocycles. The lowest BCUT2D eigenvalue weighted by Gasteiger charge is -2.26. The molecule has 14 heavy (non-hydrogen) atoms. The van der Waals surface area contributed by atoms with E-state index >= 15 is 0 Å². The van der Waals surface area contributed by atoms with Crippen LogP contribution in [0.4, 0.5) is 0 Å². The zero-order valence-electron chi connectivity index (χ0n) is 8.70. The van der Waals surface area contributed by atoms with Crippen molar-refractivity contribution < 1.29 is 8.42 Å². The van der Waals surface area contributed by atoms with Gasteiger partial charge in [0.1, 0.15) is 0 Å². The third-order valence-electron chi connectivity index (χ3n) is 3.31. The van der Waals surface area contributed by atoms with Crippen molar-refractivity contribution in [3.63, 3.8) is 0 Å². The van der Waals surface area contributed by atoms with Crippen LogP contribution in [0, 0.1) is 5.92 Å². The van der Waals surface area contributed by atoms with E-state index in [1.165, 1.54) is 0 Å². The SMILES string of the molecule is CC1CCC(NS(=O)(=O)C2CC2)CC1. The van der Waals surface area contributed by atoms with Crippen LogP contribution < -0.4 is 4.72 Å². The van der Waals surface area contributed by atoms with E-state index < -0.39 is 10.0 Å². The maximum atomic E-state index is 11.6. The van der Waals surface area contributed by atoms with Crippen molar-refractivity contribution in [2.45, 2.75) is 56.7 Å². The first-order valence-corrected chi connectivity index (χ1v) is 7.13. The lowest BCUT2D eigenvalue weighted by atomic mass is 9.88. The molecule has 3 nitrogen and oxygen atoms in total. The number of nitrogens with one attached hydrogen (secondary N) is 1. The second kappa shape index (κ2) is 3.81. The van der Waals surface area contributed by atoms with E-state index in [0.717, 1.165) is 44.4 Å². The van der Waals surface area contributed by atoms with Gasteiger partial charge in [-0.2, -0.15) is 0 Å². The highest BCUT2D eigenvalue weighted by atomic mass is 32.2. The fraction of sp³-hybridized carbons (Fsp3) is 1.00. The van der Waals surface area contributed by atoms with Gasteiger partial charge in [0.05, 0.1) is 5.25 Å². The quantitative estimate of drug-likeness (QED) is 0.781. The van der Waals surface area contributed by atoms with E-state index in [0.29, 0.717) is 0 Å². The Morgan fingerprint density at radius 1 is 1.00 bits per heavy atom. The molecule has 0 aromatic carbocycles. The first-order chi connectivity index (χ1) is 6.58. The van der Waals surface area contributed by atoms with Crippen LogP contribution in [0.2, 0.25) is 0 Å². The summed E-state index contributed by atoms with van der Waals surface area (Å²) in [5.74, 6) is 0.775. The minimum absolute atomic E-state index is 0.0677. The Morgan fingerprint density at radius 3 is 2.07 bits per heavy atom. The Morgan fingerprint density at radius 2 is 1.57 bits per heavy atom. The molecular weight excluding hydrogens is 198 g/mol. The van der Waals surface area contributed by atoms with Crippen LogP contribution >= 0.6 is 0 Å². The van der Waals surface area contributed by atoms with Crippen LogP contribution in [0.1, 0.15) is 45.4 Å². The van der Waals surface area contributed by atoms with Crippen molar-refractivity contribution in [2.24, 2.45) is 5.92 Å². The van der Waals surface area contributed by atoms with Gasteiger partial charge in [0.2, 0.25) is 10.0 Å². The molecule has 0 aliphatic heterocycles. The standard InChI is InChI=1S/C10H19NO2S/c1-8-2-4-9(5-3-8)11-14(12,13)10-6-7-10/h8-11H,2-7H2,1H3. The third-order valence-corrected chi connectivity index (χ3v) is 5.32. The van der Waals surface area contributed by atoms with Gasteiger partial charge in [-0.05, 0) is 44.4 Å². The Hall–Kier alpha value is -0.0900. The van der Waals surface area contributed by atoms with Crippen LogP contribution in [0.3, 0.4) is 0 Å². The van der Waals surface area contributed by atoms with E-state index in [-0.39, 0.29) is 11.3 Å². The molecule has 0 unspecified atom stereocenters. The van der Waals surface area contributed by atoms with Crippen molar-refractivity contribution in [2.75, 3.05) is 0 Å². The Balaban J connectivity index is 1.85. The van der Waals surface area contributed by atoms with Gasteiger partial charge in [-0.25, -0.2) is 13.1 Å². The van der Waals surface area contributed by atoms with Gasteiger partial charge in [0.15, 0.2) is 0 Å². The predicted octanol–water partition coefficient (Wildman–Crippen LogP) is 1.65. The number of hydrogen-bond acceptors (Lipinski definition) is 2. The maximum absolute atomic E-state index is 11.6. The zero-order valence-corrected chi connectivity index (χ0v) is 9.52. The molecular formula is C10H19NO2S. The van der Waals surface area contributed by atoms with Gasteiger partial charge >= 0.3 is 0 Å². The van der Waals surface area contributed by atoms with Gasteiger partial charge in [-0.15, -0.1) is 0 Å². The summed E-state index contributed by atoms with van der Waals surface area (Å²) in [5.41, 5.74) is 0. The number of rotatable bonds is 3. The molecule has 0 radical (unpaired) electrons. The van der Waals surface area contributed by atoms with Crippen LogP contribution in [0.15, 0.2) is 0 Å². The summed E-state index contributed by atoms with van der Waals surface area (Å²) in [6.07, 6.45) is 6.09. The molecule has 2 rings (SSSR count). The molecule has 2 fully saturated rings. The minimum Gasteiger partial charge on any atom is -0.212 e. The minimum atomic E-state index is -2.95. The third kappa shape index (κ3) is 2.48. The van der Waals surface area contributed by atoms with E-state index in [2.05, 4.69) is 11.6 Å². The van der Waals surface area contributed by atoms with Crippen molar-refractivity contribution in [3.8, 4) is 0 Å². The molecule has 4 heteroatoms. The smallest absolute Gasteiger partial charge is 0.212 e. The molecule has 0 aromatic rings.